The molecule has 0 saturated carbocycles. The largest absolute Gasteiger partial charge is 0.316 e. The molecule has 1 heterocycles. The summed E-state index contributed by atoms with van der Waals surface area (Å²) in [5.41, 5.74) is -0.903. The highest BCUT2D eigenvalue weighted by atomic mass is 19.3. The molecule has 3 heteroatoms. The molecule has 0 amide bonds. The Hall–Kier alpha value is -0.180. The van der Waals surface area contributed by atoms with E-state index in [0.717, 1.165) is 0 Å². The molecule has 1 aliphatic heterocycles. The van der Waals surface area contributed by atoms with Crippen molar-refractivity contribution in [2.75, 3.05) is 13.1 Å². The van der Waals surface area contributed by atoms with Crippen LogP contribution in [0, 0.1) is 11.3 Å². The lowest BCUT2D eigenvalue weighted by molar-refractivity contribution is -0.155. The Balaban J connectivity index is 2.64. The van der Waals surface area contributed by atoms with Crippen LogP contribution in [0.2, 0.25) is 0 Å². The SMILES string of the molecule is CC(C)(C)C(F)(F)C1CNC1. The van der Waals surface area contributed by atoms with Gasteiger partial charge in [0.15, 0.2) is 0 Å². The van der Waals surface area contributed by atoms with Crippen molar-refractivity contribution < 1.29 is 8.78 Å². The second-order valence-electron chi connectivity index (χ2n) is 4.23. The van der Waals surface area contributed by atoms with E-state index in [0.29, 0.717) is 13.1 Å². The van der Waals surface area contributed by atoms with Crippen LogP contribution in [-0.2, 0) is 0 Å². The molecule has 0 aromatic heterocycles. The third kappa shape index (κ3) is 1.39. The Labute approximate surface area is 66.2 Å². The first kappa shape index (κ1) is 8.91. The summed E-state index contributed by atoms with van der Waals surface area (Å²) >= 11 is 0. The van der Waals surface area contributed by atoms with Gasteiger partial charge in [0.1, 0.15) is 0 Å². The van der Waals surface area contributed by atoms with Gasteiger partial charge in [-0.15, -0.1) is 0 Å². The number of halogens is 2. The van der Waals surface area contributed by atoms with Crippen LogP contribution in [0.3, 0.4) is 0 Å². The quantitative estimate of drug-likeness (QED) is 0.622. The maximum Gasteiger partial charge on any atom is 0.258 e. The molecule has 1 N–H and O–H groups in total. The van der Waals surface area contributed by atoms with Crippen LogP contribution in [0.25, 0.3) is 0 Å². The van der Waals surface area contributed by atoms with Gasteiger partial charge in [0.2, 0.25) is 0 Å². The van der Waals surface area contributed by atoms with E-state index in [2.05, 4.69) is 5.32 Å². The van der Waals surface area contributed by atoms with Gasteiger partial charge in [-0.05, 0) is 0 Å². The van der Waals surface area contributed by atoms with Crippen LogP contribution in [0.15, 0.2) is 0 Å². The average Bonchev–Trinajstić information content (AvgIpc) is 1.53. The van der Waals surface area contributed by atoms with Crippen molar-refractivity contribution in [2.45, 2.75) is 26.7 Å². The van der Waals surface area contributed by atoms with E-state index in [9.17, 15) is 8.78 Å². The van der Waals surface area contributed by atoms with Gasteiger partial charge in [-0.1, -0.05) is 20.8 Å². The molecule has 0 aromatic rings. The molecule has 0 bridgehead atoms. The maximum absolute atomic E-state index is 13.3. The number of alkyl halides is 2. The van der Waals surface area contributed by atoms with Gasteiger partial charge in [-0.2, -0.15) is 0 Å². The predicted octanol–water partition coefficient (Wildman–Crippen LogP) is 1.89. The zero-order chi connectivity index (χ0) is 8.70. The highest BCUT2D eigenvalue weighted by Crippen LogP contribution is 2.42. The molecule has 1 nitrogen and oxygen atoms in total. The lowest BCUT2D eigenvalue weighted by Crippen LogP contribution is -2.56. The fourth-order valence-electron chi connectivity index (χ4n) is 1.16. The third-order valence-electron chi connectivity index (χ3n) is 2.29. The van der Waals surface area contributed by atoms with E-state index in [1.165, 1.54) is 0 Å². The zero-order valence-electron chi connectivity index (χ0n) is 7.25. The van der Waals surface area contributed by atoms with E-state index in [4.69, 9.17) is 0 Å². The van der Waals surface area contributed by atoms with Gasteiger partial charge in [0.25, 0.3) is 5.92 Å². The van der Waals surface area contributed by atoms with Crippen LogP contribution in [0.1, 0.15) is 20.8 Å². The van der Waals surface area contributed by atoms with Gasteiger partial charge in [0.05, 0.1) is 0 Å². The summed E-state index contributed by atoms with van der Waals surface area (Å²) in [6, 6.07) is 0. The molecule has 1 fully saturated rings. The molecule has 1 rings (SSSR count). The van der Waals surface area contributed by atoms with E-state index in [1.807, 2.05) is 0 Å². The highest BCUT2D eigenvalue weighted by Gasteiger charge is 2.51. The minimum atomic E-state index is -2.53. The van der Waals surface area contributed by atoms with Crippen molar-refractivity contribution in [3.05, 3.63) is 0 Å². The van der Waals surface area contributed by atoms with E-state index < -0.39 is 17.3 Å². The van der Waals surface area contributed by atoms with Crippen LogP contribution < -0.4 is 5.32 Å². The normalized spacial score (nSPS) is 21.5. The summed E-state index contributed by atoms with van der Waals surface area (Å²) in [4.78, 5) is 0. The Bertz CT molecular complexity index is 145. The minimum Gasteiger partial charge on any atom is -0.316 e. The topological polar surface area (TPSA) is 12.0 Å². The second kappa shape index (κ2) is 2.41. The molecule has 1 aliphatic rings. The minimum absolute atomic E-state index is 0.456. The molecule has 0 atom stereocenters. The van der Waals surface area contributed by atoms with Crippen LogP contribution in [0.4, 0.5) is 8.78 Å². The van der Waals surface area contributed by atoms with Gasteiger partial charge in [-0.3, -0.25) is 0 Å². The van der Waals surface area contributed by atoms with Crippen molar-refractivity contribution >= 4 is 0 Å². The van der Waals surface area contributed by atoms with Crippen LogP contribution in [0.5, 0.6) is 0 Å². The van der Waals surface area contributed by atoms with Gasteiger partial charge in [-0.25, -0.2) is 8.78 Å². The first-order chi connectivity index (χ1) is 4.86. The average molecular weight is 163 g/mol. The number of nitrogens with one attached hydrogen (secondary N) is 1. The standard InChI is InChI=1S/C8H15F2N/c1-7(2,3)8(9,10)6-4-11-5-6/h6,11H,4-5H2,1-3H3. The molecule has 0 spiro atoms. The van der Waals surface area contributed by atoms with E-state index >= 15 is 0 Å². The Morgan fingerprint density at radius 3 is 1.73 bits per heavy atom. The summed E-state index contributed by atoms with van der Waals surface area (Å²) < 4.78 is 26.7. The lowest BCUT2D eigenvalue weighted by atomic mass is 9.78. The van der Waals surface area contributed by atoms with Gasteiger partial charge < -0.3 is 5.32 Å². The van der Waals surface area contributed by atoms with Crippen molar-refractivity contribution in [1.29, 1.82) is 0 Å². The molecular weight excluding hydrogens is 148 g/mol. The zero-order valence-corrected chi connectivity index (χ0v) is 7.25. The van der Waals surface area contributed by atoms with Gasteiger partial charge in [0, 0.05) is 24.4 Å². The number of rotatable bonds is 1. The summed E-state index contributed by atoms with van der Waals surface area (Å²) in [6.07, 6.45) is 0. The molecule has 0 radical (unpaired) electrons. The smallest absolute Gasteiger partial charge is 0.258 e. The molecule has 0 aliphatic carbocycles. The van der Waals surface area contributed by atoms with Crippen LogP contribution >= 0.6 is 0 Å². The van der Waals surface area contributed by atoms with Crippen molar-refractivity contribution in [3.63, 3.8) is 0 Å². The number of hydrogen-bond donors (Lipinski definition) is 1. The fourth-order valence-corrected chi connectivity index (χ4v) is 1.16. The summed E-state index contributed by atoms with van der Waals surface area (Å²) in [6.45, 7) is 5.69. The second-order valence-corrected chi connectivity index (χ2v) is 4.23. The fraction of sp³-hybridized carbons (Fsp3) is 1.00. The Morgan fingerprint density at radius 1 is 1.18 bits per heavy atom. The van der Waals surface area contributed by atoms with Crippen molar-refractivity contribution in [3.8, 4) is 0 Å². The lowest BCUT2D eigenvalue weighted by Gasteiger charge is -2.41. The molecule has 11 heavy (non-hydrogen) atoms. The third-order valence-corrected chi connectivity index (χ3v) is 2.29. The number of hydrogen-bond acceptors (Lipinski definition) is 1. The summed E-state index contributed by atoms with van der Waals surface area (Å²) in [5.74, 6) is -2.99. The Kier molecular flexibility index (Phi) is 1.95. The molecule has 0 aromatic carbocycles. The molecule has 1 saturated heterocycles. The predicted molar refractivity (Wildman–Crippen MR) is 40.8 cm³/mol. The first-order valence-electron chi connectivity index (χ1n) is 3.94. The molecule has 66 valence electrons. The summed E-state index contributed by atoms with van der Waals surface area (Å²) in [7, 11) is 0. The van der Waals surface area contributed by atoms with E-state index in [1.54, 1.807) is 20.8 Å². The highest BCUT2D eigenvalue weighted by molar-refractivity contribution is 4.94. The maximum atomic E-state index is 13.3. The van der Waals surface area contributed by atoms with Crippen LogP contribution in [-0.4, -0.2) is 19.0 Å². The monoisotopic (exact) mass is 163 g/mol. The molecule has 0 unspecified atom stereocenters. The first-order valence-corrected chi connectivity index (χ1v) is 3.94. The van der Waals surface area contributed by atoms with E-state index in [-0.39, 0.29) is 0 Å². The van der Waals surface area contributed by atoms with Gasteiger partial charge >= 0.3 is 0 Å². The molecular formula is C8H15F2N. The van der Waals surface area contributed by atoms with Crippen molar-refractivity contribution in [1.82, 2.24) is 5.32 Å². The summed E-state index contributed by atoms with van der Waals surface area (Å²) in [5, 5.41) is 2.86. The Morgan fingerprint density at radius 2 is 1.64 bits per heavy atom. The van der Waals surface area contributed by atoms with Crippen molar-refractivity contribution in [2.24, 2.45) is 11.3 Å².